The summed E-state index contributed by atoms with van der Waals surface area (Å²) in [5.41, 5.74) is 1.37. The number of amides is 2. The Morgan fingerprint density at radius 3 is 2.42 bits per heavy atom. The number of carbonyl (C=O) groups is 1. The number of aromatic nitrogens is 4. The molecular formula is C19H20ClN7O3S. The molecule has 0 aliphatic carbocycles. The summed E-state index contributed by atoms with van der Waals surface area (Å²) in [5.74, 6) is 0.581. The molecule has 162 valence electrons. The molecule has 0 atom stereocenters. The van der Waals surface area contributed by atoms with Crippen LogP contribution in [-0.4, -0.2) is 70.0 Å². The molecule has 0 unspecified atom stereocenters. The van der Waals surface area contributed by atoms with E-state index in [0.29, 0.717) is 16.5 Å². The number of hydrogen-bond donors (Lipinski definition) is 1. The van der Waals surface area contributed by atoms with Crippen molar-refractivity contribution in [3.63, 3.8) is 0 Å². The van der Waals surface area contributed by atoms with E-state index < -0.39 is 10.0 Å². The summed E-state index contributed by atoms with van der Waals surface area (Å²) in [4.78, 5) is 14.5. The fourth-order valence-electron chi connectivity index (χ4n) is 3.30. The highest BCUT2D eigenvalue weighted by molar-refractivity contribution is 7.89. The standard InChI is InChI=1S/C19H20ClN7O3S/c1-25-18(22-23-24-25)14-3-2-4-16(13-14)21-19(28)26-9-11-27(12-10-26)31(29,30)17-7-5-15(20)6-8-17/h2-8,13H,9-12H2,1H3,(H,21,28). The fourth-order valence-corrected chi connectivity index (χ4v) is 4.85. The molecule has 1 aliphatic heterocycles. The number of anilines is 1. The Kier molecular flexibility index (Phi) is 5.90. The number of tetrazole rings is 1. The summed E-state index contributed by atoms with van der Waals surface area (Å²) in [5, 5.41) is 14.7. The molecule has 1 fully saturated rings. The summed E-state index contributed by atoms with van der Waals surface area (Å²) >= 11 is 5.84. The highest BCUT2D eigenvalue weighted by atomic mass is 35.5. The third-order valence-electron chi connectivity index (χ3n) is 4.97. The van der Waals surface area contributed by atoms with Gasteiger partial charge in [-0.25, -0.2) is 17.9 Å². The number of piperazine rings is 1. The van der Waals surface area contributed by atoms with Crippen LogP contribution in [0.2, 0.25) is 5.02 Å². The number of benzene rings is 2. The molecule has 0 spiro atoms. The molecule has 2 amide bonds. The monoisotopic (exact) mass is 461 g/mol. The van der Waals surface area contributed by atoms with E-state index >= 15 is 0 Å². The van der Waals surface area contributed by atoms with Gasteiger partial charge < -0.3 is 10.2 Å². The third kappa shape index (κ3) is 4.53. The van der Waals surface area contributed by atoms with E-state index in [9.17, 15) is 13.2 Å². The highest BCUT2D eigenvalue weighted by Crippen LogP contribution is 2.22. The first-order valence-corrected chi connectivity index (χ1v) is 11.3. The van der Waals surface area contributed by atoms with Gasteiger partial charge in [0.15, 0.2) is 5.82 Å². The molecule has 4 rings (SSSR count). The molecule has 12 heteroatoms. The topological polar surface area (TPSA) is 113 Å². The number of nitrogens with zero attached hydrogens (tertiary/aromatic N) is 6. The first-order chi connectivity index (χ1) is 14.8. The molecule has 1 aromatic heterocycles. The Morgan fingerprint density at radius 2 is 1.77 bits per heavy atom. The molecule has 1 saturated heterocycles. The van der Waals surface area contributed by atoms with Gasteiger partial charge >= 0.3 is 6.03 Å². The summed E-state index contributed by atoms with van der Waals surface area (Å²) in [6.07, 6.45) is 0. The lowest BCUT2D eigenvalue weighted by molar-refractivity contribution is 0.184. The zero-order chi connectivity index (χ0) is 22.0. The van der Waals surface area contributed by atoms with Gasteiger partial charge in [0.25, 0.3) is 0 Å². The molecular weight excluding hydrogens is 442 g/mol. The van der Waals surface area contributed by atoms with E-state index in [4.69, 9.17) is 11.6 Å². The molecule has 10 nitrogen and oxygen atoms in total. The minimum atomic E-state index is -3.63. The van der Waals surface area contributed by atoms with Crippen molar-refractivity contribution in [2.45, 2.75) is 4.90 Å². The average molecular weight is 462 g/mol. The van der Waals surface area contributed by atoms with E-state index in [2.05, 4.69) is 20.8 Å². The van der Waals surface area contributed by atoms with Gasteiger partial charge in [-0.2, -0.15) is 4.31 Å². The Balaban J connectivity index is 1.39. The van der Waals surface area contributed by atoms with E-state index in [0.717, 1.165) is 5.56 Å². The maximum atomic E-state index is 12.8. The Bertz CT molecular complexity index is 1190. The Labute approximate surface area is 184 Å². The summed E-state index contributed by atoms with van der Waals surface area (Å²) in [6.45, 7) is 0.989. The van der Waals surface area contributed by atoms with Crippen LogP contribution in [0.25, 0.3) is 11.4 Å². The van der Waals surface area contributed by atoms with Crippen molar-refractivity contribution in [1.29, 1.82) is 0 Å². The second-order valence-corrected chi connectivity index (χ2v) is 9.36. The van der Waals surface area contributed by atoms with Crippen molar-refractivity contribution < 1.29 is 13.2 Å². The van der Waals surface area contributed by atoms with Gasteiger partial charge in [0, 0.05) is 49.5 Å². The van der Waals surface area contributed by atoms with E-state index in [1.54, 1.807) is 47.0 Å². The van der Waals surface area contributed by atoms with Crippen molar-refractivity contribution in [1.82, 2.24) is 29.4 Å². The summed E-state index contributed by atoms with van der Waals surface area (Å²) < 4.78 is 28.5. The lowest BCUT2D eigenvalue weighted by atomic mass is 10.2. The van der Waals surface area contributed by atoms with Gasteiger partial charge in [-0.1, -0.05) is 23.7 Å². The lowest BCUT2D eigenvalue weighted by Gasteiger charge is -2.34. The lowest BCUT2D eigenvalue weighted by Crippen LogP contribution is -2.51. The fraction of sp³-hybridized carbons (Fsp3) is 0.263. The largest absolute Gasteiger partial charge is 0.322 e. The maximum Gasteiger partial charge on any atom is 0.321 e. The van der Waals surface area contributed by atoms with Crippen LogP contribution >= 0.6 is 11.6 Å². The minimum Gasteiger partial charge on any atom is -0.322 e. The molecule has 0 radical (unpaired) electrons. The van der Waals surface area contributed by atoms with Crippen LogP contribution in [-0.2, 0) is 17.1 Å². The van der Waals surface area contributed by atoms with Crippen LogP contribution in [0.15, 0.2) is 53.4 Å². The number of nitrogens with one attached hydrogen (secondary N) is 1. The molecule has 0 saturated carbocycles. The number of sulfonamides is 1. The molecule has 1 N–H and O–H groups in total. The third-order valence-corrected chi connectivity index (χ3v) is 7.13. The zero-order valence-electron chi connectivity index (χ0n) is 16.6. The number of rotatable bonds is 4. The average Bonchev–Trinajstić information content (AvgIpc) is 3.20. The maximum absolute atomic E-state index is 12.8. The van der Waals surface area contributed by atoms with E-state index in [-0.39, 0.29) is 37.1 Å². The predicted octanol–water partition coefficient (Wildman–Crippen LogP) is 2.07. The van der Waals surface area contributed by atoms with Crippen LogP contribution in [0.3, 0.4) is 0 Å². The van der Waals surface area contributed by atoms with E-state index in [1.165, 1.54) is 16.4 Å². The summed E-state index contributed by atoms with van der Waals surface area (Å²) in [7, 11) is -1.89. The zero-order valence-corrected chi connectivity index (χ0v) is 18.2. The summed E-state index contributed by atoms with van der Waals surface area (Å²) in [6, 6.07) is 13.0. The van der Waals surface area contributed by atoms with Gasteiger partial charge in [-0.15, -0.1) is 5.10 Å². The quantitative estimate of drug-likeness (QED) is 0.636. The second-order valence-electron chi connectivity index (χ2n) is 6.98. The van der Waals surface area contributed by atoms with Crippen molar-refractivity contribution in [3.05, 3.63) is 53.6 Å². The highest BCUT2D eigenvalue weighted by Gasteiger charge is 2.30. The van der Waals surface area contributed by atoms with Gasteiger partial charge in [0.2, 0.25) is 10.0 Å². The van der Waals surface area contributed by atoms with Crippen LogP contribution < -0.4 is 5.32 Å². The Hall–Kier alpha value is -3.02. The van der Waals surface area contributed by atoms with Gasteiger partial charge in [0.1, 0.15) is 0 Å². The molecule has 2 heterocycles. The number of urea groups is 1. The van der Waals surface area contributed by atoms with Crippen LogP contribution in [0, 0.1) is 0 Å². The molecule has 31 heavy (non-hydrogen) atoms. The number of halogens is 1. The molecule has 0 bridgehead atoms. The number of aryl methyl sites for hydroxylation is 1. The van der Waals surface area contributed by atoms with E-state index in [1.807, 2.05) is 6.07 Å². The second kappa shape index (κ2) is 8.61. The first-order valence-electron chi connectivity index (χ1n) is 9.49. The number of carbonyl (C=O) groups excluding carboxylic acids is 1. The van der Waals surface area contributed by atoms with Crippen molar-refractivity contribution in [2.75, 3.05) is 31.5 Å². The van der Waals surface area contributed by atoms with Gasteiger partial charge in [-0.05, 0) is 46.8 Å². The molecule has 2 aromatic carbocycles. The molecule has 3 aromatic rings. The van der Waals surface area contributed by atoms with Crippen molar-refractivity contribution >= 4 is 33.3 Å². The van der Waals surface area contributed by atoms with Crippen LogP contribution in [0.1, 0.15) is 0 Å². The normalized spacial score (nSPS) is 15.1. The van der Waals surface area contributed by atoms with Gasteiger partial charge in [-0.3, -0.25) is 0 Å². The van der Waals surface area contributed by atoms with Crippen molar-refractivity contribution in [3.8, 4) is 11.4 Å². The Morgan fingerprint density at radius 1 is 1.06 bits per heavy atom. The predicted molar refractivity (Wildman–Crippen MR) is 115 cm³/mol. The van der Waals surface area contributed by atoms with Gasteiger partial charge in [0.05, 0.1) is 4.90 Å². The SMILES string of the molecule is Cn1nnnc1-c1cccc(NC(=O)N2CCN(S(=O)(=O)c3ccc(Cl)cc3)CC2)c1. The molecule has 1 aliphatic rings. The number of hydrogen-bond acceptors (Lipinski definition) is 6. The van der Waals surface area contributed by atoms with Crippen LogP contribution in [0.4, 0.5) is 10.5 Å². The van der Waals surface area contributed by atoms with Crippen molar-refractivity contribution in [2.24, 2.45) is 7.05 Å². The smallest absolute Gasteiger partial charge is 0.321 e. The van der Waals surface area contributed by atoms with Crippen LogP contribution in [0.5, 0.6) is 0 Å². The minimum absolute atomic E-state index is 0.185. The first kappa shape index (κ1) is 21.2.